The van der Waals surface area contributed by atoms with Crippen LogP contribution in [-0.4, -0.2) is 40.9 Å². The number of nitrogens with one attached hydrogen (secondary N) is 2. The van der Waals surface area contributed by atoms with Gasteiger partial charge < -0.3 is 20.7 Å². The Balaban J connectivity index is 1.64. The van der Waals surface area contributed by atoms with Crippen molar-refractivity contribution in [1.82, 2.24) is 0 Å². The minimum atomic E-state index is -1.77. The van der Waals surface area contributed by atoms with Gasteiger partial charge in [-0.15, -0.1) is 0 Å². The molecule has 0 aromatic rings. The van der Waals surface area contributed by atoms with E-state index in [9.17, 15) is 9.90 Å². The van der Waals surface area contributed by atoms with Crippen molar-refractivity contribution >= 4 is 17.4 Å². The van der Waals surface area contributed by atoms with Crippen LogP contribution >= 0.6 is 0 Å². The molecule has 0 aromatic carbocycles. The first-order valence-corrected chi connectivity index (χ1v) is 11.2. The summed E-state index contributed by atoms with van der Waals surface area (Å²) >= 11 is 0. The summed E-state index contributed by atoms with van der Waals surface area (Å²) in [6.45, 7) is 5.67. The molecule has 4 aliphatic rings. The predicted molar refractivity (Wildman–Crippen MR) is 114 cm³/mol. The minimum absolute atomic E-state index is 0.0172. The number of carbonyl (C=O) groups is 1. The summed E-state index contributed by atoms with van der Waals surface area (Å²) < 4.78 is 22.2. The highest BCUT2D eigenvalue weighted by atomic mass is 19.1. The monoisotopic (exact) mass is 416 g/mol. The van der Waals surface area contributed by atoms with Gasteiger partial charge in [-0.2, -0.15) is 0 Å². The molecule has 0 aromatic heterocycles. The number of alkyl halides is 1. The number of hydrogen-bond donors (Lipinski definition) is 3. The Morgan fingerprint density at radius 3 is 2.73 bits per heavy atom. The van der Waals surface area contributed by atoms with Crippen LogP contribution in [0.25, 0.3) is 0 Å². The van der Waals surface area contributed by atoms with Crippen LogP contribution in [-0.2, 0) is 9.53 Å². The number of esters is 1. The zero-order valence-electron chi connectivity index (χ0n) is 18.1. The van der Waals surface area contributed by atoms with Crippen LogP contribution in [0.15, 0.2) is 23.8 Å². The maximum absolute atomic E-state index is 17.0. The van der Waals surface area contributed by atoms with E-state index in [4.69, 9.17) is 15.6 Å². The van der Waals surface area contributed by atoms with Crippen molar-refractivity contribution in [1.29, 1.82) is 10.8 Å². The normalized spacial score (nSPS) is 44.6. The van der Waals surface area contributed by atoms with Gasteiger partial charge in [0.2, 0.25) is 0 Å². The molecule has 0 saturated heterocycles. The van der Waals surface area contributed by atoms with Gasteiger partial charge in [-0.1, -0.05) is 25.5 Å². The van der Waals surface area contributed by atoms with Crippen molar-refractivity contribution in [2.24, 2.45) is 28.6 Å². The van der Waals surface area contributed by atoms with Crippen LogP contribution in [0, 0.1) is 39.4 Å². The van der Waals surface area contributed by atoms with E-state index in [0.29, 0.717) is 24.3 Å². The Labute approximate surface area is 177 Å². The molecule has 164 valence electrons. The lowest BCUT2D eigenvalue weighted by molar-refractivity contribution is -0.191. The van der Waals surface area contributed by atoms with Gasteiger partial charge in [0.1, 0.15) is 6.61 Å². The molecule has 0 aliphatic heterocycles. The van der Waals surface area contributed by atoms with E-state index in [0.717, 1.165) is 24.8 Å². The fourth-order valence-corrected chi connectivity index (χ4v) is 7.17. The molecule has 0 amide bonds. The maximum Gasteiger partial charge on any atom is 0.305 e. The standard InChI is InChI=1S/C24H33FN2O3/c1-4-21(29)30-13-19(27)18-8-7-16-17-6-5-14-11-15(26)9-10-23(14,3)24(17,25)20(28)12-22(16,18)2/h9-11,16-18,20,26-28H,4-8,12-13H2,1-3H3/t16-,17?,18?,20?,22?,23?,24-/m0/s1. The highest BCUT2D eigenvalue weighted by molar-refractivity contribution is 6.03. The quantitative estimate of drug-likeness (QED) is 0.468. The first-order chi connectivity index (χ1) is 14.1. The van der Waals surface area contributed by atoms with Gasteiger partial charge in [0.05, 0.1) is 17.5 Å². The van der Waals surface area contributed by atoms with Crippen LogP contribution in [0.4, 0.5) is 4.39 Å². The molecule has 5 nitrogen and oxygen atoms in total. The Hall–Kier alpha value is -1.82. The summed E-state index contributed by atoms with van der Waals surface area (Å²) in [5.41, 5.74) is -1.37. The lowest BCUT2D eigenvalue weighted by Gasteiger charge is -2.62. The third kappa shape index (κ3) is 2.79. The summed E-state index contributed by atoms with van der Waals surface area (Å²) in [6.07, 6.45) is 7.64. The molecule has 7 atom stereocenters. The average Bonchev–Trinajstić information content (AvgIpc) is 3.04. The summed E-state index contributed by atoms with van der Waals surface area (Å²) in [5.74, 6) is -0.640. The highest BCUT2D eigenvalue weighted by Gasteiger charge is 2.70. The van der Waals surface area contributed by atoms with Crippen molar-refractivity contribution in [2.45, 2.75) is 71.1 Å². The van der Waals surface area contributed by atoms with E-state index in [1.807, 2.05) is 6.92 Å². The third-order valence-electron chi connectivity index (χ3n) is 8.76. The Bertz CT molecular complexity index is 851. The lowest BCUT2D eigenvalue weighted by Crippen LogP contribution is -2.66. The molecule has 0 heterocycles. The zero-order valence-corrected chi connectivity index (χ0v) is 18.1. The van der Waals surface area contributed by atoms with Gasteiger partial charge in [-0.25, -0.2) is 4.39 Å². The molecule has 6 heteroatoms. The molecule has 4 aliphatic carbocycles. The molecule has 3 saturated carbocycles. The summed E-state index contributed by atoms with van der Waals surface area (Å²) in [5, 5.41) is 27.8. The molecule has 4 rings (SSSR count). The SMILES string of the molecule is CCC(=O)OCC(=N)C1CC[C@H]2C3CCC4=CC(=N)C=CC4(C)[C@@]3(F)C(O)CC12C. The van der Waals surface area contributed by atoms with Gasteiger partial charge in [0, 0.05) is 23.7 Å². The van der Waals surface area contributed by atoms with Crippen molar-refractivity contribution in [3.05, 3.63) is 23.8 Å². The van der Waals surface area contributed by atoms with E-state index in [1.54, 1.807) is 25.2 Å². The minimum Gasteiger partial charge on any atom is -0.460 e. The van der Waals surface area contributed by atoms with E-state index in [2.05, 4.69) is 6.92 Å². The van der Waals surface area contributed by atoms with Gasteiger partial charge in [-0.3, -0.25) is 4.79 Å². The van der Waals surface area contributed by atoms with E-state index in [-0.39, 0.29) is 42.2 Å². The van der Waals surface area contributed by atoms with Gasteiger partial charge >= 0.3 is 5.97 Å². The van der Waals surface area contributed by atoms with Crippen LogP contribution in [0.5, 0.6) is 0 Å². The molecular weight excluding hydrogens is 383 g/mol. The number of carbonyl (C=O) groups excluding carboxylic acids is 1. The van der Waals surface area contributed by atoms with Crippen LogP contribution in [0.3, 0.4) is 0 Å². The van der Waals surface area contributed by atoms with Crippen molar-refractivity contribution in [3.63, 3.8) is 0 Å². The molecular formula is C24H33FN2O3. The maximum atomic E-state index is 17.0. The predicted octanol–water partition coefficient (Wildman–Crippen LogP) is 4.40. The van der Waals surface area contributed by atoms with Crippen molar-refractivity contribution in [2.75, 3.05) is 6.61 Å². The number of hydrogen-bond acceptors (Lipinski definition) is 5. The third-order valence-corrected chi connectivity index (χ3v) is 8.76. The van der Waals surface area contributed by atoms with Crippen LogP contribution < -0.4 is 0 Å². The molecule has 0 radical (unpaired) electrons. The average molecular weight is 417 g/mol. The second-order valence-corrected chi connectivity index (χ2v) is 10.1. The first kappa shape index (κ1) is 21.4. The fraction of sp³-hybridized carbons (Fsp3) is 0.708. The number of rotatable bonds is 4. The molecule has 0 spiro atoms. The Kier molecular flexibility index (Phi) is 5.08. The number of halogens is 1. The van der Waals surface area contributed by atoms with Crippen molar-refractivity contribution < 1.29 is 19.0 Å². The largest absolute Gasteiger partial charge is 0.460 e. The van der Waals surface area contributed by atoms with E-state index < -0.39 is 17.2 Å². The molecule has 0 bridgehead atoms. The molecule has 30 heavy (non-hydrogen) atoms. The first-order valence-electron chi connectivity index (χ1n) is 11.2. The number of fused-ring (bicyclic) bond motifs is 5. The summed E-state index contributed by atoms with van der Waals surface area (Å²) in [6, 6.07) is 0. The highest BCUT2D eigenvalue weighted by Crippen LogP contribution is 2.68. The van der Waals surface area contributed by atoms with E-state index >= 15 is 4.39 Å². The number of ether oxygens (including phenoxy) is 1. The second kappa shape index (κ2) is 7.11. The number of allylic oxidation sites excluding steroid dienone is 4. The summed E-state index contributed by atoms with van der Waals surface area (Å²) in [4.78, 5) is 11.5. The van der Waals surface area contributed by atoms with Gasteiger partial charge in [0.15, 0.2) is 5.67 Å². The van der Waals surface area contributed by atoms with Gasteiger partial charge in [0.25, 0.3) is 0 Å². The number of aliphatic hydroxyl groups excluding tert-OH is 1. The van der Waals surface area contributed by atoms with E-state index in [1.165, 1.54) is 0 Å². The van der Waals surface area contributed by atoms with Crippen LogP contribution in [0.1, 0.15) is 59.3 Å². The molecule has 3 fully saturated rings. The molecule has 3 N–H and O–H groups in total. The molecule has 5 unspecified atom stereocenters. The fourth-order valence-electron chi connectivity index (χ4n) is 7.17. The van der Waals surface area contributed by atoms with Crippen LogP contribution in [0.2, 0.25) is 0 Å². The Morgan fingerprint density at radius 1 is 1.30 bits per heavy atom. The zero-order chi connectivity index (χ0) is 21.9. The Morgan fingerprint density at radius 2 is 2.03 bits per heavy atom. The lowest BCUT2D eigenvalue weighted by atomic mass is 9.45. The number of aliphatic hydroxyl groups is 1. The summed E-state index contributed by atoms with van der Waals surface area (Å²) in [7, 11) is 0. The van der Waals surface area contributed by atoms with Gasteiger partial charge in [-0.05, 0) is 62.5 Å². The topological polar surface area (TPSA) is 94.2 Å². The van der Waals surface area contributed by atoms with Crippen molar-refractivity contribution in [3.8, 4) is 0 Å². The smallest absolute Gasteiger partial charge is 0.305 e. The second-order valence-electron chi connectivity index (χ2n) is 10.1.